The Bertz CT molecular complexity index is 538. The second kappa shape index (κ2) is 4.65. The molecule has 2 aromatic rings. The summed E-state index contributed by atoms with van der Waals surface area (Å²) in [6.45, 7) is 1.87. The number of nitrogens with one attached hydrogen (secondary N) is 1. The first-order valence-corrected chi connectivity index (χ1v) is 5.25. The van der Waals surface area contributed by atoms with Crippen LogP contribution in [0.25, 0.3) is 0 Å². The van der Waals surface area contributed by atoms with Gasteiger partial charge < -0.3 is 11.1 Å². The number of aromatic nitrogens is 1. The van der Waals surface area contributed by atoms with Gasteiger partial charge in [0.25, 0.3) is 5.91 Å². The van der Waals surface area contributed by atoms with Crippen LogP contribution in [0.5, 0.6) is 0 Å². The molecule has 0 aliphatic heterocycles. The van der Waals surface area contributed by atoms with Crippen molar-refractivity contribution in [1.82, 2.24) is 4.98 Å². The minimum atomic E-state index is -0.200. The number of benzene rings is 1. The summed E-state index contributed by atoms with van der Waals surface area (Å²) in [6, 6.07) is 10.6. The summed E-state index contributed by atoms with van der Waals surface area (Å²) in [4.78, 5) is 16.0. The van der Waals surface area contributed by atoms with Crippen molar-refractivity contribution in [2.75, 3.05) is 11.1 Å². The zero-order valence-corrected chi connectivity index (χ0v) is 9.47. The lowest BCUT2D eigenvalue weighted by molar-refractivity contribution is 0.102. The van der Waals surface area contributed by atoms with Gasteiger partial charge in [-0.2, -0.15) is 0 Å². The lowest BCUT2D eigenvalue weighted by Gasteiger charge is -2.07. The molecule has 2 rings (SSSR count). The molecule has 17 heavy (non-hydrogen) atoms. The number of anilines is 2. The molecule has 0 aliphatic rings. The average Bonchev–Trinajstić information content (AvgIpc) is 2.33. The Morgan fingerprint density at radius 3 is 2.82 bits per heavy atom. The van der Waals surface area contributed by atoms with Gasteiger partial charge >= 0.3 is 0 Å². The molecule has 0 aliphatic carbocycles. The topological polar surface area (TPSA) is 68.0 Å². The van der Waals surface area contributed by atoms with E-state index in [1.54, 1.807) is 30.5 Å². The number of carbonyl (C=O) groups excluding carboxylic acids is 1. The Labute approximate surface area is 99.5 Å². The van der Waals surface area contributed by atoms with Crippen molar-refractivity contribution in [3.63, 3.8) is 0 Å². The van der Waals surface area contributed by atoms with Crippen LogP contribution in [0.1, 0.15) is 15.9 Å². The number of nitrogens with two attached hydrogens (primary N) is 1. The first-order chi connectivity index (χ1) is 8.16. The smallest absolute Gasteiger partial charge is 0.257 e. The highest BCUT2D eigenvalue weighted by Gasteiger charge is 2.09. The Kier molecular flexibility index (Phi) is 3.05. The summed E-state index contributed by atoms with van der Waals surface area (Å²) < 4.78 is 0. The quantitative estimate of drug-likeness (QED) is 0.773. The van der Waals surface area contributed by atoms with Crippen LogP contribution in [0, 0.1) is 6.92 Å². The maximum atomic E-state index is 12.0. The van der Waals surface area contributed by atoms with Crippen LogP contribution in [0.15, 0.2) is 42.6 Å². The van der Waals surface area contributed by atoms with Crippen LogP contribution in [0.2, 0.25) is 0 Å². The van der Waals surface area contributed by atoms with Crippen molar-refractivity contribution in [3.05, 3.63) is 53.7 Å². The molecule has 0 fully saturated rings. The van der Waals surface area contributed by atoms with Crippen molar-refractivity contribution in [2.45, 2.75) is 6.92 Å². The Hall–Kier alpha value is -2.36. The number of hydrogen-bond donors (Lipinski definition) is 2. The van der Waals surface area contributed by atoms with Gasteiger partial charge in [0.15, 0.2) is 0 Å². The van der Waals surface area contributed by atoms with E-state index in [-0.39, 0.29) is 5.91 Å². The van der Waals surface area contributed by atoms with Crippen LogP contribution in [0.4, 0.5) is 11.5 Å². The van der Waals surface area contributed by atoms with E-state index in [1.807, 2.05) is 19.1 Å². The van der Waals surface area contributed by atoms with Crippen LogP contribution < -0.4 is 11.1 Å². The summed E-state index contributed by atoms with van der Waals surface area (Å²) in [5, 5.41) is 2.72. The highest BCUT2D eigenvalue weighted by Crippen LogP contribution is 2.14. The van der Waals surface area contributed by atoms with Crippen LogP contribution in [-0.2, 0) is 0 Å². The van der Waals surface area contributed by atoms with Gasteiger partial charge in [-0.15, -0.1) is 0 Å². The minimum absolute atomic E-state index is 0.200. The van der Waals surface area contributed by atoms with Gasteiger partial charge in [-0.3, -0.25) is 4.79 Å². The van der Waals surface area contributed by atoms with Gasteiger partial charge in [0.2, 0.25) is 0 Å². The molecular weight excluding hydrogens is 214 g/mol. The normalized spacial score (nSPS) is 9.94. The number of rotatable bonds is 2. The van der Waals surface area contributed by atoms with E-state index in [4.69, 9.17) is 5.73 Å². The molecule has 86 valence electrons. The molecule has 1 aromatic carbocycles. The van der Waals surface area contributed by atoms with Crippen LogP contribution in [0.3, 0.4) is 0 Å². The number of nitrogens with zero attached hydrogens (tertiary/aromatic N) is 1. The number of amides is 1. The molecule has 0 unspecified atom stereocenters. The van der Waals surface area contributed by atoms with Crippen molar-refractivity contribution in [3.8, 4) is 0 Å². The molecular formula is C13H13N3O. The predicted molar refractivity (Wildman–Crippen MR) is 67.8 cm³/mol. The second-order valence-corrected chi connectivity index (χ2v) is 3.74. The van der Waals surface area contributed by atoms with E-state index in [1.165, 1.54) is 0 Å². The summed E-state index contributed by atoms with van der Waals surface area (Å²) >= 11 is 0. The molecule has 1 amide bonds. The summed E-state index contributed by atoms with van der Waals surface area (Å²) in [6.07, 6.45) is 1.63. The highest BCUT2D eigenvalue weighted by molar-refractivity contribution is 6.05. The van der Waals surface area contributed by atoms with Crippen molar-refractivity contribution < 1.29 is 4.79 Å². The second-order valence-electron chi connectivity index (χ2n) is 3.74. The standard InChI is InChI=1S/C13H13N3O/c1-9-5-6-10(14)8-11(9)13(17)16-12-4-2-3-7-15-12/h2-8H,14H2,1H3,(H,15,16,17). The first kappa shape index (κ1) is 11.1. The molecule has 1 heterocycles. The number of carbonyl (C=O) groups is 1. The fourth-order valence-electron chi connectivity index (χ4n) is 1.50. The fourth-order valence-corrected chi connectivity index (χ4v) is 1.50. The van der Waals surface area contributed by atoms with Gasteiger partial charge in [0, 0.05) is 17.4 Å². The fraction of sp³-hybridized carbons (Fsp3) is 0.0769. The molecule has 0 spiro atoms. The molecule has 0 saturated carbocycles. The number of aryl methyl sites for hydroxylation is 1. The summed E-state index contributed by atoms with van der Waals surface area (Å²) in [5.41, 5.74) is 7.68. The molecule has 3 N–H and O–H groups in total. The Morgan fingerprint density at radius 2 is 2.12 bits per heavy atom. The van der Waals surface area contributed by atoms with Gasteiger partial charge in [0.05, 0.1) is 0 Å². The number of hydrogen-bond acceptors (Lipinski definition) is 3. The van der Waals surface area contributed by atoms with Gasteiger partial charge in [-0.05, 0) is 36.8 Å². The molecule has 1 aromatic heterocycles. The van der Waals surface area contributed by atoms with Gasteiger partial charge in [-0.1, -0.05) is 12.1 Å². The summed E-state index contributed by atoms with van der Waals surface area (Å²) in [7, 11) is 0. The summed E-state index contributed by atoms with van der Waals surface area (Å²) in [5.74, 6) is 0.327. The van der Waals surface area contributed by atoms with E-state index >= 15 is 0 Å². The lowest BCUT2D eigenvalue weighted by Crippen LogP contribution is -2.14. The monoisotopic (exact) mass is 227 g/mol. The minimum Gasteiger partial charge on any atom is -0.399 e. The Morgan fingerprint density at radius 1 is 1.29 bits per heavy atom. The zero-order valence-electron chi connectivity index (χ0n) is 9.47. The van der Waals surface area contributed by atoms with E-state index in [0.717, 1.165) is 5.56 Å². The Balaban J connectivity index is 2.23. The van der Waals surface area contributed by atoms with Crippen LogP contribution in [-0.4, -0.2) is 10.9 Å². The SMILES string of the molecule is Cc1ccc(N)cc1C(=O)Nc1ccccn1. The van der Waals surface area contributed by atoms with E-state index in [9.17, 15) is 4.79 Å². The van der Waals surface area contributed by atoms with E-state index in [2.05, 4.69) is 10.3 Å². The number of pyridine rings is 1. The maximum absolute atomic E-state index is 12.0. The van der Waals surface area contributed by atoms with Crippen molar-refractivity contribution in [2.24, 2.45) is 0 Å². The van der Waals surface area contributed by atoms with E-state index in [0.29, 0.717) is 17.1 Å². The number of nitrogen functional groups attached to an aromatic ring is 1. The van der Waals surface area contributed by atoms with Crippen LogP contribution >= 0.6 is 0 Å². The van der Waals surface area contributed by atoms with Crippen molar-refractivity contribution >= 4 is 17.4 Å². The molecule has 4 heteroatoms. The van der Waals surface area contributed by atoms with E-state index < -0.39 is 0 Å². The van der Waals surface area contributed by atoms with Crippen molar-refractivity contribution in [1.29, 1.82) is 0 Å². The third-order valence-electron chi connectivity index (χ3n) is 2.41. The highest BCUT2D eigenvalue weighted by atomic mass is 16.1. The predicted octanol–water partition coefficient (Wildman–Crippen LogP) is 2.22. The zero-order chi connectivity index (χ0) is 12.3. The molecule has 0 radical (unpaired) electrons. The largest absolute Gasteiger partial charge is 0.399 e. The average molecular weight is 227 g/mol. The molecule has 0 atom stereocenters. The maximum Gasteiger partial charge on any atom is 0.257 e. The molecule has 4 nitrogen and oxygen atoms in total. The lowest BCUT2D eigenvalue weighted by atomic mass is 10.1. The first-order valence-electron chi connectivity index (χ1n) is 5.25. The van der Waals surface area contributed by atoms with Gasteiger partial charge in [-0.25, -0.2) is 4.98 Å². The molecule has 0 saturated heterocycles. The van der Waals surface area contributed by atoms with Gasteiger partial charge in [0.1, 0.15) is 5.82 Å². The third-order valence-corrected chi connectivity index (χ3v) is 2.41. The molecule has 0 bridgehead atoms. The third kappa shape index (κ3) is 2.60.